The molecule has 0 aromatic carbocycles. The highest BCUT2D eigenvalue weighted by molar-refractivity contribution is 4.64. The molecular formula is C10H20O3. The molecule has 0 spiro atoms. The molecule has 0 aromatic heterocycles. The maximum absolute atomic E-state index is 5.21. The molecule has 0 atom stereocenters. The summed E-state index contributed by atoms with van der Waals surface area (Å²) in [4.78, 5) is 0. The molecule has 0 aliphatic heterocycles. The molecule has 0 aromatic rings. The van der Waals surface area contributed by atoms with Crippen molar-refractivity contribution in [3.63, 3.8) is 0 Å². The second-order valence-corrected chi connectivity index (χ2v) is 2.71. The summed E-state index contributed by atoms with van der Waals surface area (Å²) in [5.74, 6) is 0. The minimum Gasteiger partial charge on any atom is -0.382 e. The van der Waals surface area contributed by atoms with Gasteiger partial charge in [0.2, 0.25) is 0 Å². The fourth-order valence-corrected chi connectivity index (χ4v) is 0.812. The molecule has 3 nitrogen and oxygen atoms in total. The van der Waals surface area contributed by atoms with Crippen LogP contribution in [0.5, 0.6) is 0 Å². The van der Waals surface area contributed by atoms with Gasteiger partial charge in [-0.2, -0.15) is 0 Å². The number of methoxy groups -OCH3 is 1. The van der Waals surface area contributed by atoms with Gasteiger partial charge in [0.15, 0.2) is 0 Å². The van der Waals surface area contributed by atoms with Gasteiger partial charge in [-0.05, 0) is 19.3 Å². The Morgan fingerprint density at radius 1 is 1.08 bits per heavy atom. The Hall–Kier alpha value is -0.380. The summed E-state index contributed by atoms with van der Waals surface area (Å²) in [5.41, 5.74) is 0. The average molecular weight is 188 g/mol. The van der Waals surface area contributed by atoms with Gasteiger partial charge < -0.3 is 14.2 Å². The summed E-state index contributed by atoms with van der Waals surface area (Å²) in [7, 11) is 1.65. The van der Waals surface area contributed by atoms with E-state index in [2.05, 4.69) is 6.58 Å². The summed E-state index contributed by atoms with van der Waals surface area (Å²) < 4.78 is 15.1. The fraction of sp³-hybridized carbons (Fsp3) is 0.800. The molecule has 0 amide bonds. The van der Waals surface area contributed by atoms with Crippen molar-refractivity contribution in [3.05, 3.63) is 12.7 Å². The highest BCUT2D eigenvalue weighted by Gasteiger charge is 1.89. The van der Waals surface area contributed by atoms with Crippen molar-refractivity contribution in [2.24, 2.45) is 0 Å². The number of ether oxygens (including phenoxy) is 3. The average Bonchev–Trinajstić information content (AvgIpc) is 2.16. The van der Waals surface area contributed by atoms with Crippen molar-refractivity contribution < 1.29 is 14.2 Å². The van der Waals surface area contributed by atoms with Crippen LogP contribution in [0.25, 0.3) is 0 Å². The van der Waals surface area contributed by atoms with Gasteiger partial charge in [0.25, 0.3) is 0 Å². The van der Waals surface area contributed by atoms with Crippen LogP contribution >= 0.6 is 0 Å². The lowest BCUT2D eigenvalue weighted by molar-refractivity contribution is -0.0663. The summed E-state index contributed by atoms with van der Waals surface area (Å²) in [5, 5.41) is 0. The van der Waals surface area contributed by atoms with E-state index in [0.717, 1.165) is 25.9 Å². The highest BCUT2D eigenvalue weighted by atomic mass is 16.7. The molecule has 0 radical (unpaired) electrons. The molecule has 0 fully saturated rings. The van der Waals surface area contributed by atoms with Crippen LogP contribution in [0.15, 0.2) is 12.7 Å². The maximum Gasteiger partial charge on any atom is 0.146 e. The zero-order valence-corrected chi connectivity index (χ0v) is 8.46. The Bertz CT molecular complexity index is 104. The first-order valence-corrected chi connectivity index (χ1v) is 4.67. The third kappa shape index (κ3) is 11.6. The second-order valence-electron chi connectivity index (χ2n) is 2.71. The largest absolute Gasteiger partial charge is 0.382 e. The smallest absolute Gasteiger partial charge is 0.146 e. The molecule has 78 valence electrons. The monoisotopic (exact) mass is 188 g/mol. The second kappa shape index (κ2) is 11.6. The minimum absolute atomic E-state index is 0.372. The predicted molar refractivity (Wildman–Crippen MR) is 52.7 cm³/mol. The van der Waals surface area contributed by atoms with Crippen molar-refractivity contribution in [1.82, 2.24) is 0 Å². The first kappa shape index (κ1) is 12.6. The van der Waals surface area contributed by atoms with E-state index in [1.807, 2.05) is 6.08 Å². The van der Waals surface area contributed by atoms with Gasteiger partial charge in [0.05, 0.1) is 13.2 Å². The first-order valence-electron chi connectivity index (χ1n) is 4.67. The number of rotatable bonds is 10. The molecule has 3 heteroatoms. The SMILES string of the molecule is C=CCCCCOCOCCOC. The Balaban J connectivity index is 2.79. The van der Waals surface area contributed by atoms with Gasteiger partial charge in [-0.1, -0.05) is 6.08 Å². The van der Waals surface area contributed by atoms with Crippen LogP contribution in [-0.4, -0.2) is 33.7 Å². The van der Waals surface area contributed by atoms with Crippen molar-refractivity contribution in [3.8, 4) is 0 Å². The van der Waals surface area contributed by atoms with Crippen LogP contribution < -0.4 is 0 Å². The van der Waals surface area contributed by atoms with E-state index < -0.39 is 0 Å². The normalized spacial score (nSPS) is 10.2. The zero-order valence-electron chi connectivity index (χ0n) is 8.46. The van der Waals surface area contributed by atoms with E-state index in [0.29, 0.717) is 20.0 Å². The molecule has 0 saturated heterocycles. The van der Waals surface area contributed by atoms with Gasteiger partial charge in [-0.3, -0.25) is 0 Å². The summed E-state index contributed by atoms with van der Waals surface area (Å²) in [6.07, 6.45) is 5.20. The number of unbranched alkanes of at least 4 members (excludes halogenated alkanes) is 2. The lowest BCUT2D eigenvalue weighted by Crippen LogP contribution is -2.06. The Kier molecular flexibility index (Phi) is 11.3. The van der Waals surface area contributed by atoms with E-state index in [4.69, 9.17) is 14.2 Å². The van der Waals surface area contributed by atoms with Crippen molar-refractivity contribution in [1.29, 1.82) is 0 Å². The molecule has 0 bridgehead atoms. The molecule has 0 unspecified atom stereocenters. The van der Waals surface area contributed by atoms with Crippen molar-refractivity contribution >= 4 is 0 Å². The summed E-state index contributed by atoms with van der Waals surface area (Å²) >= 11 is 0. The van der Waals surface area contributed by atoms with Crippen molar-refractivity contribution in [2.75, 3.05) is 33.7 Å². The van der Waals surface area contributed by atoms with E-state index in [9.17, 15) is 0 Å². The van der Waals surface area contributed by atoms with Gasteiger partial charge >= 0.3 is 0 Å². The van der Waals surface area contributed by atoms with Crippen LogP contribution in [-0.2, 0) is 14.2 Å². The number of hydrogen-bond acceptors (Lipinski definition) is 3. The van der Waals surface area contributed by atoms with Crippen LogP contribution in [0.4, 0.5) is 0 Å². The van der Waals surface area contributed by atoms with Crippen LogP contribution in [0, 0.1) is 0 Å². The molecule has 0 saturated carbocycles. The van der Waals surface area contributed by atoms with Gasteiger partial charge in [0, 0.05) is 13.7 Å². The standard InChI is InChI=1S/C10H20O3/c1-3-4-5-6-7-12-10-13-9-8-11-2/h3H,1,4-10H2,2H3. The van der Waals surface area contributed by atoms with E-state index in [1.54, 1.807) is 7.11 Å². The topological polar surface area (TPSA) is 27.7 Å². The van der Waals surface area contributed by atoms with Crippen LogP contribution in [0.1, 0.15) is 19.3 Å². The Morgan fingerprint density at radius 2 is 1.85 bits per heavy atom. The minimum atomic E-state index is 0.372. The lowest BCUT2D eigenvalue weighted by Gasteiger charge is -2.04. The molecular weight excluding hydrogens is 168 g/mol. The highest BCUT2D eigenvalue weighted by Crippen LogP contribution is 1.95. The lowest BCUT2D eigenvalue weighted by atomic mass is 10.2. The van der Waals surface area contributed by atoms with Gasteiger partial charge in [-0.15, -0.1) is 6.58 Å². The third-order valence-electron chi connectivity index (χ3n) is 1.55. The van der Waals surface area contributed by atoms with Crippen LogP contribution in [0.3, 0.4) is 0 Å². The quantitative estimate of drug-likeness (QED) is 0.298. The van der Waals surface area contributed by atoms with Crippen molar-refractivity contribution in [2.45, 2.75) is 19.3 Å². The van der Waals surface area contributed by atoms with E-state index >= 15 is 0 Å². The van der Waals surface area contributed by atoms with E-state index in [1.165, 1.54) is 0 Å². The zero-order chi connectivity index (χ0) is 9.78. The number of allylic oxidation sites excluding steroid dienone is 1. The molecule has 0 N–H and O–H groups in total. The van der Waals surface area contributed by atoms with Crippen LogP contribution in [0.2, 0.25) is 0 Å². The molecule has 13 heavy (non-hydrogen) atoms. The first-order chi connectivity index (χ1) is 6.41. The number of hydrogen-bond donors (Lipinski definition) is 0. The predicted octanol–water partition coefficient (Wildman–Crippen LogP) is 1.98. The molecule has 0 heterocycles. The Labute approximate surface area is 80.7 Å². The van der Waals surface area contributed by atoms with Gasteiger partial charge in [-0.25, -0.2) is 0 Å². The fourth-order valence-electron chi connectivity index (χ4n) is 0.812. The summed E-state index contributed by atoms with van der Waals surface area (Å²) in [6.45, 7) is 6.01. The maximum atomic E-state index is 5.21. The third-order valence-corrected chi connectivity index (χ3v) is 1.55. The molecule has 0 rings (SSSR count). The van der Waals surface area contributed by atoms with Gasteiger partial charge in [0.1, 0.15) is 6.79 Å². The van der Waals surface area contributed by atoms with E-state index in [-0.39, 0.29) is 0 Å². The molecule has 0 aliphatic carbocycles. The summed E-state index contributed by atoms with van der Waals surface area (Å²) in [6, 6.07) is 0. The Morgan fingerprint density at radius 3 is 2.54 bits per heavy atom. The molecule has 0 aliphatic rings.